The lowest BCUT2D eigenvalue weighted by molar-refractivity contribution is -0.158. The molecule has 4 amide bonds. The molecule has 1 aromatic carbocycles. The van der Waals surface area contributed by atoms with Crippen molar-refractivity contribution >= 4 is 41.7 Å². The summed E-state index contributed by atoms with van der Waals surface area (Å²) in [5, 5.41) is 24.6. The minimum absolute atomic E-state index is 0.0329. The number of unbranched alkanes of at least 4 members (excludes halogenated alkanes) is 2. The maximum absolute atomic E-state index is 12.9. The molecule has 4 N–H and O–H groups in total. The molecule has 50 heavy (non-hydrogen) atoms. The molecule has 3 aliphatic carbocycles. The molecule has 2 heterocycles. The molecule has 274 valence electrons. The van der Waals surface area contributed by atoms with E-state index < -0.39 is 18.1 Å². The van der Waals surface area contributed by atoms with Crippen LogP contribution >= 0.6 is 11.8 Å². The number of amides is 4. The molecule has 12 nitrogen and oxygen atoms in total. The first-order valence-electron chi connectivity index (χ1n) is 18.4. The number of urea groups is 1. The van der Waals surface area contributed by atoms with E-state index in [0.717, 1.165) is 56.3 Å². The monoisotopic (exact) mass is 713 g/mol. The van der Waals surface area contributed by atoms with E-state index in [1.165, 1.54) is 11.1 Å². The summed E-state index contributed by atoms with van der Waals surface area (Å²) in [6.45, 7) is 2.78. The van der Waals surface area contributed by atoms with E-state index in [0.29, 0.717) is 55.1 Å². The number of aromatic hydroxyl groups is 1. The Hall–Kier alpha value is -3.48. The number of fused-ring (bicyclic) bond motifs is 6. The third-order valence-corrected chi connectivity index (χ3v) is 13.5. The lowest BCUT2D eigenvalue weighted by atomic mass is 9.55. The number of benzene rings is 1. The van der Waals surface area contributed by atoms with Gasteiger partial charge in [-0.3, -0.25) is 14.4 Å². The van der Waals surface area contributed by atoms with Crippen LogP contribution in [0, 0.1) is 17.3 Å². The van der Waals surface area contributed by atoms with Crippen molar-refractivity contribution < 1.29 is 43.7 Å². The number of esters is 1. The Bertz CT molecular complexity index is 1460. The van der Waals surface area contributed by atoms with Crippen LogP contribution in [0.25, 0.3) is 0 Å². The minimum atomic E-state index is -0.815. The molecule has 2 saturated heterocycles. The molecule has 2 aliphatic heterocycles. The largest absolute Gasteiger partial charge is 0.508 e. The number of aliphatic carboxylic acids is 1. The van der Waals surface area contributed by atoms with E-state index in [1.807, 2.05) is 6.07 Å². The number of thioether (sulfide) groups is 1. The van der Waals surface area contributed by atoms with Crippen molar-refractivity contribution in [1.29, 1.82) is 0 Å². The Kier molecular flexibility index (Phi) is 11.5. The molecule has 6 rings (SSSR count). The van der Waals surface area contributed by atoms with Crippen LogP contribution in [0.3, 0.4) is 0 Å². The highest BCUT2D eigenvalue weighted by molar-refractivity contribution is 8.00. The van der Waals surface area contributed by atoms with Crippen LogP contribution in [0.1, 0.15) is 107 Å². The van der Waals surface area contributed by atoms with E-state index >= 15 is 0 Å². The van der Waals surface area contributed by atoms with Gasteiger partial charge in [-0.15, -0.1) is 0 Å². The zero-order valence-electron chi connectivity index (χ0n) is 28.9. The summed E-state index contributed by atoms with van der Waals surface area (Å²) < 4.78 is 11.4. The summed E-state index contributed by atoms with van der Waals surface area (Å²) in [4.78, 5) is 62.5. The van der Waals surface area contributed by atoms with E-state index in [-0.39, 0.29) is 66.6 Å². The number of carboxylic acid groups (broad SMARTS) is 1. The van der Waals surface area contributed by atoms with Gasteiger partial charge in [0.05, 0.1) is 25.1 Å². The zero-order chi connectivity index (χ0) is 35.4. The van der Waals surface area contributed by atoms with Gasteiger partial charge in [0.2, 0.25) is 5.91 Å². The predicted molar refractivity (Wildman–Crippen MR) is 186 cm³/mol. The highest BCUT2D eigenvalue weighted by Gasteiger charge is 2.56. The first-order chi connectivity index (χ1) is 24.0. The molecule has 8 atom stereocenters. The van der Waals surface area contributed by atoms with Gasteiger partial charge in [0, 0.05) is 35.8 Å². The Morgan fingerprint density at radius 2 is 1.90 bits per heavy atom. The molecule has 5 aliphatic rings. The van der Waals surface area contributed by atoms with Crippen molar-refractivity contribution in [3.8, 4) is 5.75 Å². The van der Waals surface area contributed by atoms with Gasteiger partial charge in [0.25, 0.3) is 0 Å². The van der Waals surface area contributed by atoms with Gasteiger partial charge in [0.1, 0.15) is 11.9 Å². The van der Waals surface area contributed by atoms with Crippen LogP contribution in [0.4, 0.5) is 9.59 Å². The van der Waals surface area contributed by atoms with Crippen LogP contribution in [0.2, 0.25) is 0 Å². The molecule has 2 saturated carbocycles. The highest BCUT2D eigenvalue weighted by atomic mass is 32.2. The number of hydrogen-bond acceptors (Lipinski definition) is 9. The molecule has 7 unspecified atom stereocenters. The Balaban J connectivity index is 0.843. The topological polar surface area (TPSA) is 172 Å². The summed E-state index contributed by atoms with van der Waals surface area (Å²) >= 11 is 1.69. The van der Waals surface area contributed by atoms with Crippen molar-refractivity contribution in [3.63, 3.8) is 0 Å². The van der Waals surface area contributed by atoms with Crippen LogP contribution in [-0.4, -0.2) is 87.4 Å². The lowest BCUT2D eigenvalue weighted by Gasteiger charge is -2.50. The maximum atomic E-state index is 12.9. The summed E-state index contributed by atoms with van der Waals surface area (Å²) in [5.74, 6) is 1.13. The first kappa shape index (κ1) is 36.3. The van der Waals surface area contributed by atoms with Crippen molar-refractivity contribution in [3.05, 3.63) is 29.3 Å². The fourth-order valence-electron chi connectivity index (χ4n) is 9.49. The summed E-state index contributed by atoms with van der Waals surface area (Å²) in [6, 6.07) is 4.91. The second-order valence-electron chi connectivity index (χ2n) is 15.0. The number of ether oxygens (including phenoxy) is 2. The molecule has 0 aromatic heterocycles. The number of carbonyl (C=O) groups excluding carboxylic acids is 4. The van der Waals surface area contributed by atoms with Gasteiger partial charge >= 0.3 is 24.1 Å². The number of aryl methyl sites for hydroxylation is 1. The number of carboxylic acids is 1. The number of phenols is 1. The third kappa shape index (κ3) is 7.87. The Morgan fingerprint density at radius 1 is 1.06 bits per heavy atom. The molecule has 0 bridgehead atoms. The highest BCUT2D eigenvalue weighted by Crippen LogP contribution is 2.61. The number of rotatable bonds is 14. The summed E-state index contributed by atoms with van der Waals surface area (Å²) in [7, 11) is 0. The van der Waals surface area contributed by atoms with E-state index in [9.17, 15) is 29.1 Å². The van der Waals surface area contributed by atoms with E-state index in [4.69, 9.17) is 14.6 Å². The number of nitrogens with zero attached hydrogens (tertiary/aromatic N) is 1. The zero-order valence-corrected chi connectivity index (χ0v) is 29.7. The minimum Gasteiger partial charge on any atom is -0.508 e. The normalized spacial score (nSPS) is 30.8. The number of imide groups is 1. The molecule has 13 heteroatoms. The van der Waals surface area contributed by atoms with Crippen molar-refractivity contribution in [2.45, 2.75) is 126 Å². The van der Waals surface area contributed by atoms with Crippen molar-refractivity contribution in [1.82, 2.24) is 15.5 Å². The average molecular weight is 714 g/mol. The summed E-state index contributed by atoms with van der Waals surface area (Å²) in [6.07, 6.45) is 8.63. The molecule has 0 radical (unpaired) electrons. The fraction of sp³-hybridized carbons (Fsp3) is 0.703. The molecule has 1 aromatic rings. The number of nitrogens with one attached hydrogen (secondary N) is 2. The molecular weight excluding hydrogens is 662 g/mol. The molecule has 4 fully saturated rings. The lowest BCUT2D eigenvalue weighted by Crippen LogP contribution is -2.45. The van der Waals surface area contributed by atoms with E-state index in [1.54, 1.807) is 17.8 Å². The second kappa shape index (κ2) is 15.8. The molecule has 0 spiro atoms. The van der Waals surface area contributed by atoms with Gasteiger partial charge in [-0.05, 0) is 105 Å². The second-order valence-corrected chi connectivity index (χ2v) is 16.3. The fourth-order valence-corrected chi connectivity index (χ4v) is 11.1. The van der Waals surface area contributed by atoms with Gasteiger partial charge < -0.3 is 30.3 Å². The predicted octanol–water partition coefficient (Wildman–Crippen LogP) is 5.50. The Morgan fingerprint density at radius 3 is 2.72 bits per heavy atom. The van der Waals surface area contributed by atoms with Crippen molar-refractivity contribution in [2.75, 3.05) is 18.9 Å². The number of hydrogen-bond donors (Lipinski definition) is 4. The number of carbonyl (C=O) groups is 5. The van der Waals surface area contributed by atoms with Gasteiger partial charge in [-0.2, -0.15) is 11.8 Å². The van der Waals surface area contributed by atoms with Crippen LogP contribution in [-0.2, 0) is 30.3 Å². The summed E-state index contributed by atoms with van der Waals surface area (Å²) in [5.41, 5.74) is 2.59. The first-order valence-corrected chi connectivity index (χ1v) is 19.5. The maximum Gasteiger partial charge on any atom is 0.418 e. The molecular formula is C37H51N3O9S. The van der Waals surface area contributed by atoms with Gasteiger partial charge in [-0.25, -0.2) is 14.5 Å². The van der Waals surface area contributed by atoms with Crippen LogP contribution in [0.5, 0.6) is 5.75 Å². The smallest absolute Gasteiger partial charge is 0.418 e. The van der Waals surface area contributed by atoms with Crippen LogP contribution in [0.15, 0.2) is 18.2 Å². The van der Waals surface area contributed by atoms with Gasteiger partial charge in [0.15, 0.2) is 0 Å². The number of phenolic OH excluding ortho intramolecular Hbond substituents is 1. The van der Waals surface area contributed by atoms with Crippen molar-refractivity contribution in [2.24, 2.45) is 17.3 Å². The van der Waals surface area contributed by atoms with Crippen LogP contribution < -0.4 is 10.6 Å². The average Bonchev–Trinajstić information content (AvgIpc) is 3.73. The SMILES string of the molecule is CC12CCC3c4ccc(O)cc4CCC3C1CC[C@@H]2OC(=O)CCC(=O)NCCCCOC(=O)N1C(=O)NC2C(CCCCC(=O)O)SCC21. The Labute approximate surface area is 297 Å². The van der Waals surface area contributed by atoms with E-state index in [2.05, 4.69) is 23.6 Å². The quantitative estimate of drug-likeness (QED) is 0.110. The standard InChI is InChI=1S/C37H51N3O9S/c1-37-17-16-25-24-11-9-23(41)20-22(24)8-10-26(25)27(37)12-13-30(37)49-33(45)15-14-31(42)38-18-4-5-19-48-36(47)40-28-21-50-29(34(28)39-35(40)46)6-2-3-7-32(43)44/h9,11,20,25-30,34,41H,2-8,10,12-19,21H2,1H3,(H,38,42)(H,39,46)(H,43,44)/t25?,26?,27?,28?,29?,30-,34?,37?/m0/s1. The van der Waals surface area contributed by atoms with Gasteiger partial charge in [-0.1, -0.05) is 19.4 Å². The third-order valence-electron chi connectivity index (χ3n) is 12.0.